The van der Waals surface area contributed by atoms with Crippen LogP contribution < -0.4 is 10.8 Å². The number of nitrogens with two attached hydrogens (primary N) is 1. The topological polar surface area (TPSA) is 58.0 Å². The van der Waals surface area contributed by atoms with Gasteiger partial charge in [0.15, 0.2) is 5.52 Å². The van der Waals surface area contributed by atoms with E-state index >= 15 is 0 Å². The molecule has 4 nitrogen and oxygen atoms in total. The molecule has 3 rings (SSSR count). The molecule has 0 atom stereocenters. The van der Waals surface area contributed by atoms with E-state index in [1.807, 2.05) is 42.5 Å². The molecule has 84 valence electrons. The number of hydrogen-bond donors (Lipinski definition) is 1. The molecule has 0 fully saturated rings. The molecular weight excluding hydrogens is 280 g/mol. The monoisotopic (exact) mass is 289 g/mol. The molecule has 3 N–H and O–H groups in total. The maximum absolute atomic E-state index is 5.72. The molecule has 0 bridgehead atoms. The number of hydrogen-bond acceptors (Lipinski definition) is 2. The number of rotatable bonds is 1. The molecule has 5 heteroatoms. The number of aromatic amines is 1. The predicted octanol–water partition coefficient (Wildman–Crippen LogP) is 2.18. The normalized spacial score (nSPS) is 10.9. The van der Waals surface area contributed by atoms with Crippen LogP contribution in [0.15, 0.2) is 46.9 Å². The number of halogens is 1. The highest BCUT2D eigenvalue weighted by molar-refractivity contribution is 9.10. The Hall–Kier alpha value is -1.88. The van der Waals surface area contributed by atoms with Gasteiger partial charge in [0, 0.05) is 16.2 Å². The van der Waals surface area contributed by atoms with Gasteiger partial charge in [-0.2, -0.15) is 5.10 Å². The molecule has 0 saturated carbocycles. The zero-order valence-electron chi connectivity index (χ0n) is 8.89. The Balaban J connectivity index is 2.14. The van der Waals surface area contributed by atoms with E-state index in [4.69, 9.17) is 5.73 Å². The number of fused-ring (bicyclic) bond motifs is 1. The molecule has 0 saturated heterocycles. The molecule has 0 unspecified atom stereocenters. The quantitative estimate of drug-likeness (QED) is 0.698. The van der Waals surface area contributed by atoms with Crippen molar-refractivity contribution < 1.29 is 5.10 Å². The second kappa shape index (κ2) is 3.85. The van der Waals surface area contributed by atoms with Crippen LogP contribution in [0.3, 0.4) is 0 Å². The van der Waals surface area contributed by atoms with Crippen molar-refractivity contribution in [2.75, 3.05) is 5.73 Å². The van der Waals surface area contributed by atoms with Gasteiger partial charge in [-0.15, -0.1) is 0 Å². The third-order valence-corrected chi connectivity index (χ3v) is 3.06. The maximum Gasteiger partial charge on any atom is 0.251 e. The molecule has 0 radical (unpaired) electrons. The summed E-state index contributed by atoms with van der Waals surface area (Å²) in [6, 6.07) is 13.5. The Morgan fingerprint density at radius 3 is 2.65 bits per heavy atom. The molecule has 0 aliphatic heterocycles. The molecule has 3 aromatic rings. The van der Waals surface area contributed by atoms with Crippen molar-refractivity contribution in [3.05, 3.63) is 46.9 Å². The number of H-pyrrole nitrogens is 1. The van der Waals surface area contributed by atoms with Crippen LogP contribution in [0.1, 0.15) is 0 Å². The van der Waals surface area contributed by atoms with Crippen molar-refractivity contribution in [3.8, 4) is 5.69 Å². The fraction of sp³-hybridized carbons (Fsp3) is 0. The number of nitrogens with one attached hydrogen (secondary N) is 1. The highest BCUT2D eigenvalue weighted by Gasteiger charge is 2.12. The lowest BCUT2D eigenvalue weighted by Crippen LogP contribution is -2.17. The molecule has 1 heterocycles. The highest BCUT2D eigenvalue weighted by atomic mass is 79.9. The lowest BCUT2D eigenvalue weighted by Gasteiger charge is -1.92. The smallest absolute Gasteiger partial charge is 0.251 e. The van der Waals surface area contributed by atoms with E-state index in [2.05, 4.69) is 26.1 Å². The first-order chi connectivity index (χ1) is 8.22. The first-order valence-corrected chi connectivity index (χ1v) is 5.95. The van der Waals surface area contributed by atoms with E-state index in [1.165, 1.54) is 0 Å². The summed E-state index contributed by atoms with van der Waals surface area (Å²) < 4.78 is 1.04. The molecule has 0 spiro atoms. The highest BCUT2D eigenvalue weighted by Crippen LogP contribution is 2.14. The zero-order valence-corrected chi connectivity index (χ0v) is 10.5. The summed E-state index contributed by atoms with van der Waals surface area (Å²) in [5.74, 6) is 0. The fourth-order valence-electron chi connectivity index (χ4n) is 1.68. The Bertz CT molecular complexity index is 673. The molecule has 0 aliphatic carbocycles. The van der Waals surface area contributed by atoms with Crippen LogP contribution in [0.25, 0.3) is 16.7 Å². The van der Waals surface area contributed by atoms with E-state index in [0.717, 1.165) is 21.2 Å². The van der Waals surface area contributed by atoms with E-state index in [-0.39, 0.29) is 0 Å². The van der Waals surface area contributed by atoms with Gasteiger partial charge in [-0.05, 0) is 41.2 Å². The van der Waals surface area contributed by atoms with Gasteiger partial charge in [0.25, 0.3) is 5.52 Å². The second-order valence-corrected chi connectivity index (χ2v) is 4.69. The number of anilines is 1. The van der Waals surface area contributed by atoms with E-state index in [0.29, 0.717) is 5.69 Å². The van der Waals surface area contributed by atoms with Crippen molar-refractivity contribution in [3.63, 3.8) is 0 Å². The van der Waals surface area contributed by atoms with Gasteiger partial charge in [0.2, 0.25) is 0 Å². The van der Waals surface area contributed by atoms with Crippen LogP contribution in [0.4, 0.5) is 5.69 Å². The first-order valence-electron chi connectivity index (χ1n) is 5.16. The Morgan fingerprint density at radius 1 is 1.12 bits per heavy atom. The van der Waals surface area contributed by atoms with Crippen LogP contribution in [-0.4, -0.2) is 9.90 Å². The van der Waals surface area contributed by atoms with Gasteiger partial charge in [-0.1, -0.05) is 15.9 Å². The average molecular weight is 290 g/mol. The summed E-state index contributed by atoms with van der Waals surface area (Å²) in [4.78, 5) is 1.73. The summed E-state index contributed by atoms with van der Waals surface area (Å²) in [5.41, 5.74) is 9.23. The largest absolute Gasteiger partial charge is 0.399 e. The van der Waals surface area contributed by atoms with Crippen LogP contribution >= 0.6 is 15.9 Å². The third-order valence-electron chi connectivity index (χ3n) is 2.53. The van der Waals surface area contributed by atoms with Crippen molar-refractivity contribution >= 4 is 32.7 Å². The van der Waals surface area contributed by atoms with Crippen molar-refractivity contribution in [1.82, 2.24) is 9.90 Å². The van der Waals surface area contributed by atoms with Gasteiger partial charge in [-0.3, -0.25) is 0 Å². The Kier molecular flexibility index (Phi) is 2.33. The van der Waals surface area contributed by atoms with E-state index in [1.54, 1.807) is 4.80 Å². The van der Waals surface area contributed by atoms with Gasteiger partial charge in [0.05, 0.1) is 5.10 Å². The summed E-state index contributed by atoms with van der Waals surface area (Å²) in [5, 5.41) is 7.63. The molecule has 17 heavy (non-hydrogen) atoms. The van der Waals surface area contributed by atoms with Crippen LogP contribution in [0.2, 0.25) is 0 Å². The summed E-state index contributed by atoms with van der Waals surface area (Å²) in [7, 11) is 0. The summed E-state index contributed by atoms with van der Waals surface area (Å²) in [6.45, 7) is 0. The van der Waals surface area contributed by atoms with Crippen molar-refractivity contribution in [2.24, 2.45) is 0 Å². The molecule has 0 aliphatic rings. The van der Waals surface area contributed by atoms with Crippen LogP contribution in [0.5, 0.6) is 0 Å². The second-order valence-electron chi connectivity index (χ2n) is 3.78. The number of nitrogen functional groups attached to an aromatic ring is 1. The number of aromatic nitrogens is 3. The molecular formula is C12H10BrN4+. The first kappa shape index (κ1) is 10.3. The van der Waals surface area contributed by atoms with Crippen LogP contribution in [-0.2, 0) is 0 Å². The van der Waals surface area contributed by atoms with Gasteiger partial charge in [0.1, 0.15) is 5.69 Å². The summed E-state index contributed by atoms with van der Waals surface area (Å²) >= 11 is 3.41. The predicted molar refractivity (Wildman–Crippen MR) is 69.7 cm³/mol. The van der Waals surface area contributed by atoms with Gasteiger partial charge < -0.3 is 5.73 Å². The number of benzene rings is 2. The standard InChI is InChI=1S/C12H9BrN4/c13-8-1-4-10(5-2-8)17-15-11-6-3-9(14)7-12(11)16-17/h1-7H,14H2/p+1. The molecule has 2 aromatic carbocycles. The minimum atomic E-state index is 0.715. The number of nitrogens with zero attached hydrogens (tertiary/aromatic N) is 2. The molecule has 0 amide bonds. The summed E-state index contributed by atoms with van der Waals surface area (Å²) in [6.07, 6.45) is 0. The third kappa shape index (κ3) is 1.89. The van der Waals surface area contributed by atoms with Gasteiger partial charge in [-0.25, -0.2) is 0 Å². The van der Waals surface area contributed by atoms with Gasteiger partial charge >= 0.3 is 0 Å². The maximum atomic E-state index is 5.72. The van der Waals surface area contributed by atoms with Crippen LogP contribution in [0, 0.1) is 0 Å². The zero-order chi connectivity index (χ0) is 11.8. The Labute approximate surface area is 106 Å². The lowest BCUT2D eigenvalue weighted by molar-refractivity contribution is -0.454. The van der Waals surface area contributed by atoms with E-state index < -0.39 is 0 Å². The SMILES string of the molecule is Nc1ccc2[nH+]n(-c3ccc(Br)cc3)nc2c1. The minimum absolute atomic E-state index is 0.715. The average Bonchev–Trinajstić information content (AvgIpc) is 2.72. The lowest BCUT2D eigenvalue weighted by atomic mass is 10.3. The van der Waals surface area contributed by atoms with Crippen molar-refractivity contribution in [1.29, 1.82) is 0 Å². The fourth-order valence-corrected chi connectivity index (χ4v) is 1.94. The minimum Gasteiger partial charge on any atom is -0.399 e. The van der Waals surface area contributed by atoms with E-state index in [9.17, 15) is 0 Å². The van der Waals surface area contributed by atoms with Crippen molar-refractivity contribution in [2.45, 2.75) is 0 Å². The molecule has 1 aromatic heterocycles. The Morgan fingerprint density at radius 2 is 1.88 bits per heavy atom.